The predicted octanol–water partition coefficient (Wildman–Crippen LogP) is 3.09. The van der Waals surface area contributed by atoms with Crippen LogP contribution in [0.3, 0.4) is 0 Å². The lowest BCUT2D eigenvalue weighted by molar-refractivity contribution is -0.00422. The van der Waals surface area contributed by atoms with Crippen LogP contribution in [0.1, 0.15) is 37.0 Å². The maximum absolute atomic E-state index is 11.8. The van der Waals surface area contributed by atoms with Crippen LogP contribution in [-0.4, -0.2) is 31.7 Å². The highest BCUT2D eigenvalue weighted by molar-refractivity contribution is 5.95. The molecule has 1 unspecified atom stereocenters. The van der Waals surface area contributed by atoms with Crippen LogP contribution in [0.2, 0.25) is 0 Å². The first-order valence-electron chi connectivity index (χ1n) is 6.51. The predicted molar refractivity (Wildman–Crippen MR) is 71.9 cm³/mol. The summed E-state index contributed by atoms with van der Waals surface area (Å²) in [4.78, 5) is 11.8. The Kier molecular flexibility index (Phi) is 7.30. The Morgan fingerprint density at radius 2 is 2.00 bits per heavy atom. The summed E-state index contributed by atoms with van der Waals surface area (Å²) in [5.74, 6) is 0.177. The molecule has 1 atom stereocenters. The molecular formula is C15H22O3. The SMILES string of the molecule is CCOCC(C)OCCCC(=O)c1ccccc1. The molecule has 0 heterocycles. The lowest BCUT2D eigenvalue weighted by Crippen LogP contribution is -2.17. The fourth-order valence-electron chi connectivity index (χ4n) is 1.62. The molecule has 0 fully saturated rings. The largest absolute Gasteiger partial charge is 0.379 e. The van der Waals surface area contributed by atoms with Gasteiger partial charge in [-0.05, 0) is 20.3 Å². The third-order valence-corrected chi connectivity index (χ3v) is 2.60. The molecule has 0 bridgehead atoms. The highest BCUT2D eigenvalue weighted by atomic mass is 16.5. The summed E-state index contributed by atoms with van der Waals surface area (Å²) in [5.41, 5.74) is 0.778. The molecule has 0 amide bonds. The highest BCUT2D eigenvalue weighted by Crippen LogP contribution is 2.05. The molecule has 0 saturated heterocycles. The van der Waals surface area contributed by atoms with E-state index in [0.717, 1.165) is 12.0 Å². The zero-order valence-corrected chi connectivity index (χ0v) is 11.2. The molecule has 0 saturated carbocycles. The van der Waals surface area contributed by atoms with Crippen LogP contribution in [0, 0.1) is 0 Å². The molecular weight excluding hydrogens is 228 g/mol. The van der Waals surface area contributed by atoms with Crippen LogP contribution in [0.15, 0.2) is 30.3 Å². The maximum Gasteiger partial charge on any atom is 0.162 e. The minimum Gasteiger partial charge on any atom is -0.379 e. The van der Waals surface area contributed by atoms with Gasteiger partial charge >= 0.3 is 0 Å². The molecule has 100 valence electrons. The van der Waals surface area contributed by atoms with Crippen molar-refractivity contribution >= 4 is 5.78 Å². The van der Waals surface area contributed by atoms with Crippen LogP contribution in [0.5, 0.6) is 0 Å². The van der Waals surface area contributed by atoms with Crippen molar-refractivity contribution in [2.45, 2.75) is 32.8 Å². The number of carbonyl (C=O) groups is 1. The quantitative estimate of drug-likeness (QED) is 0.499. The van der Waals surface area contributed by atoms with E-state index in [-0.39, 0.29) is 11.9 Å². The lowest BCUT2D eigenvalue weighted by atomic mass is 10.1. The van der Waals surface area contributed by atoms with E-state index in [9.17, 15) is 4.79 Å². The van der Waals surface area contributed by atoms with E-state index in [0.29, 0.717) is 26.2 Å². The molecule has 3 heteroatoms. The van der Waals surface area contributed by atoms with E-state index in [1.54, 1.807) is 0 Å². The molecule has 1 rings (SSSR count). The van der Waals surface area contributed by atoms with E-state index >= 15 is 0 Å². The van der Waals surface area contributed by atoms with Crippen molar-refractivity contribution in [3.8, 4) is 0 Å². The van der Waals surface area contributed by atoms with Crippen molar-refractivity contribution < 1.29 is 14.3 Å². The molecule has 0 radical (unpaired) electrons. The molecule has 0 N–H and O–H groups in total. The number of Topliss-reactive ketones (excluding diaryl/α,β-unsaturated/α-hetero) is 1. The molecule has 1 aromatic rings. The molecule has 1 aromatic carbocycles. The van der Waals surface area contributed by atoms with E-state index in [1.807, 2.05) is 44.2 Å². The fraction of sp³-hybridized carbons (Fsp3) is 0.533. The zero-order valence-electron chi connectivity index (χ0n) is 11.2. The van der Waals surface area contributed by atoms with E-state index in [2.05, 4.69) is 0 Å². The smallest absolute Gasteiger partial charge is 0.162 e. The monoisotopic (exact) mass is 250 g/mol. The number of rotatable bonds is 9. The Bertz CT molecular complexity index is 335. The average molecular weight is 250 g/mol. The summed E-state index contributed by atoms with van der Waals surface area (Å²) >= 11 is 0. The van der Waals surface area contributed by atoms with Gasteiger partial charge in [0, 0.05) is 25.2 Å². The summed E-state index contributed by atoms with van der Waals surface area (Å²) in [7, 11) is 0. The van der Waals surface area contributed by atoms with Gasteiger partial charge in [0.2, 0.25) is 0 Å². The topological polar surface area (TPSA) is 35.5 Å². The van der Waals surface area contributed by atoms with Crippen molar-refractivity contribution in [1.29, 1.82) is 0 Å². The Labute approximate surface area is 109 Å². The minimum atomic E-state index is 0.0942. The standard InChI is InChI=1S/C15H22O3/c1-3-17-12-13(2)18-11-7-10-15(16)14-8-5-4-6-9-14/h4-6,8-9,13H,3,7,10-12H2,1-2H3. The summed E-state index contributed by atoms with van der Waals surface area (Å²) in [6.45, 7) is 5.87. The van der Waals surface area contributed by atoms with Crippen LogP contribution in [0.4, 0.5) is 0 Å². The van der Waals surface area contributed by atoms with Crippen LogP contribution in [-0.2, 0) is 9.47 Å². The van der Waals surface area contributed by atoms with Gasteiger partial charge in [-0.25, -0.2) is 0 Å². The highest BCUT2D eigenvalue weighted by Gasteiger charge is 2.06. The second kappa shape index (κ2) is 8.84. The number of hydrogen-bond donors (Lipinski definition) is 0. The number of carbonyl (C=O) groups excluding carboxylic acids is 1. The van der Waals surface area contributed by atoms with Crippen LogP contribution < -0.4 is 0 Å². The third-order valence-electron chi connectivity index (χ3n) is 2.60. The van der Waals surface area contributed by atoms with Gasteiger partial charge in [-0.1, -0.05) is 30.3 Å². The van der Waals surface area contributed by atoms with Crippen LogP contribution >= 0.6 is 0 Å². The van der Waals surface area contributed by atoms with Crippen molar-refractivity contribution in [3.63, 3.8) is 0 Å². The number of benzene rings is 1. The molecule has 0 aliphatic rings. The van der Waals surface area contributed by atoms with Gasteiger partial charge in [-0.2, -0.15) is 0 Å². The molecule has 0 aliphatic carbocycles. The van der Waals surface area contributed by atoms with Gasteiger partial charge in [-0.15, -0.1) is 0 Å². The van der Waals surface area contributed by atoms with Gasteiger partial charge < -0.3 is 9.47 Å². The molecule has 18 heavy (non-hydrogen) atoms. The third kappa shape index (κ3) is 5.94. The second-order valence-corrected chi connectivity index (χ2v) is 4.23. The van der Waals surface area contributed by atoms with Gasteiger partial charge in [0.05, 0.1) is 12.7 Å². The fourth-order valence-corrected chi connectivity index (χ4v) is 1.62. The zero-order chi connectivity index (χ0) is 13.2. The molecule has 0 aliphatic heterocycles. The number of hydrogen-bond acceptors (Lipinski definition) is 3. The Hall–Kier alpha value is -1.19. The summed E-state index contributed by atoms with van der Waals surface area (Å²) in [6, 6.07) is 9.37. The second-order valence-electron chi connectivity index (χ2n) is 4.23. The van der Waals surface area contributed by atoms with Crippen molar-refractivity contribution in [3.05, 3.63) is 35.9 Å². The van der Waals surface area contributed by atoms with E-state index < -0.39 is 0 Å². The van der Waals surface area contributed by atoms with Gasteiger partial charge in [0.15, 0.2) is 5.78 Å². The Morgan fingerprint density at radius 1 is 1.28 bits per heavy atom. The van der Waals surface area contributed by atoms with Gasteiger partial charge in [-0.3, -0.25) is 4.79 Å². The summed E-state index contributed by atoms with van der Waals surface area (Å²) < 4.78 is 10.8. The van der Waals surface area contributed by atoms with E-state index in [1.165, 1.54) is 0 Å². The minimum absolute atomic E-state index is 0.0942. The first-order chi connectivity index (χ1) is 8.74. The average Bonchev–Trinajstić information content (AvgIpc) is 2.42. The van der Waals surface area contributed by atoms with Gasteiger partial charge in [0.1, 0.15) is 0 Å². The first-order valence-corrected chi connectivity index (χ1v) is 6.51. The van der Waals surface area contributed by atoms with Crippen molar-refractivity contribution in [1.82, 2.24) is 0 Å². The van der Waals surface area contributed by atoms with Crippen molar-refractivity contribution in [2.24, 2.45) is 0 Å². The Balaban J connectivity index is 2.13. The molecule has 3 nitrogen and oxygen atoms in total. The Morgan fingerprint density at radius 3 is 2.67 bits per heavy atom. The first kappa shape index (κ1) is 14.9. The van der Waals surface area contributed by atoms with Gasteiger partial charge in [0.25, 0.3) is 0 Å². The summed E-state index contributed by atoms with van der Waals surface area (Å²) in [6.07, 6.45) is 1.38. The van der Waals surface area contributed by atoms with Crippen LogP contribution in [0.25, 0.3) is 0 Å². The number of ketones is 1. The van der Waals surface area contributed by atoms with Crippen molar-refractivity contribution in [2.75, 3.05) is 19.8 Å². The summed E-state index contributed by atoms with van der Waals surface area (Å²) in [5, 5.41) is 0. The molecule has 0 aromatic heterocycles. The lowest BCUT2D eigenvalue weighted by Gasteiger charge is -2.12. The number of ether oxygens (including phenoxy) is 2. The maximum atomic E-state index is 11.8. The van der Waals surface area contributed by atoms with E-state index in [4.69, 9.17) is 9.47 Å². The normalized spacial score (nSPS) is 12.3. The molecule has 0 spiro atoms.